The number of hydrogen-bond donors (Lipinski definition) is 4. The van der Waals surface area contributed by atoms with E-state index >= 15 is 0 Å². The Bertz CT molecular complexity index is 657. The number of anilines is 1. The first kappa shape index (κ1) is 23.1. The summed E-state index contributed by atoms with van der Waals surface area (Å²) in [4.78, 5) is 22.9. The van der Waals surface area contributed by atoms with Gasteiger partial charge in [0.05, 0.1) is 25.4 Å². The van der Waals surface area contributed by atoms with Gasteiger partial charge >= 0.3 is 0 Å². The molecule has 0 saturated carbocycles. The lowest BCUT2D eigenvalue weighted by molar-refractivity contribution is -0.116. The average molecular weight is 407 g/mol. The maximum absolute atomic E-state index is 12.1. The number of aryl methyl sites for hydroxylation is 1. The van der Waals surface area contributed by atoms with Gasteiger partial charge in [-0.15, -0.1) is 0 Å². The molecular weight excluding hydrogens is 372 g/mol. The third-order valence-electron chi connectivity index (χ3n) is 4.41. The number of morpholine rings is 1. The largest absolute Gasteiger partial charge is 0.387 e. The van der Waals surface area contributed by atoms with Gasteiger partial charge in [0.1, 0.15) is 5.82 Å². The van der Waals surface area contributed by atoms with E-state index < -0.39 is 5.60 Å². The first-order valence-electron chi connectivity index (χ1n) is 10.1. The third kappa shape index (κ3) is 9.21. The maximum atomic E-state index is 12.1. The van der Waals surface area contributed by atoms with Crippen LogP contribution in [0.3, 0.4) is 0 Å². The summed E-state index contributed by atoms with van der Waals surface area (Å²) >= 11 is 0. The van der Waals surface area contributed by atoms with Gasteiger partial charge in [0.2, 0.25) is 5.91 Å². The van der Waals surface area contributed by atoms with E-state index in [1.54, 1.807) is 19.2 Å². The number of carbonyl (C=O) groups excluding carboxylic acids is 1. The van der Waals surface area contributed by atoms with Crippen molar-refractivity contribution in [2.75, 3.05) is 57.8 Å². The zero-order valence-corrected chi connectivity index (χ0v) is 17.7. The van der Waals surface area contributed by atoms with Crippen LogP contribution in [0.4, 0.5) is 5.82 Å². The first-order valence-corrected chi connectivity index (χ1v) is 10.1. The SMILES string of the molecule is CCNC(=NCC(C)(O)CN1CCOCC1)NCCC(=O)Nc1ccc(C)cn1. The van der Waals surface area contributed by atoms with E-state index in [-0.39, 0.29) is 18.9 Å². The van der Waals surface area contributed by atoms with Gasteiger partial charge in [-0.2, -0.15) is 0 Å². The molecule has 29 heavy (non-hydrogen) atoms. The quantitative estimate of drug-likeness (QED) is 0.346. The van der Waals surface area contributed by atoms with Gasteiger partial charge in [-0.25, -0.2) is 4.98 Å². The molecule has 9 heteroatoms. The first-order chi connectivity index (χ1) is 13.9. The van der Waals surface area contributed by atoms with Crippen LogP contribution in [0.1, 0.15) is 25.8 Å². The highest BCUT2D eigenvalue weighted by Crippen LogP contribution is 2.09. The molecule has 1 aromatic rings. The van der Waals surface area contributed by atoms with Gasteiger partial charge < -0.3 is 25.8 Å². The van der Waals surface area contributed by atoms with Crippen LogP contribution in [0.2, 0.25) is 0 Å². The van der Waals surface area contributed by atoms with E-state index in [2.05, 4.69) is 30.8 Å². The minimum atomic E-state index is -0.936. The molecule has 0 spiro atoms. The molecule has 2 rings (SSSR count). The van der Waals surface area contributed by atoms with Crippen LogP contribution in [-0.2, 0) is 9.53 Å². The highest BCUT2D eigenvalue weighted by Gasteiger charge is 2.25. The number of nitrogens with one attached hydrogen (secondary N) is 3. The van der Waals surface area contributed by atoms with Crippen molar-refractivity contribution in [3.63, 3.8) is 0 Å². The van der Waals surface area contributed by atoms with Crippen molar-refractivity contribution >= 4 is 17.7 Å². The van der Waals surface area contributed by atoms with Crippen LogP contribution in [0.5, 0.6) is 0 Å². The summed E-state index contributed by atoms with van der Waals surface area (Å²) in [7, 11) is 0. The number of guanidine groups is 1. The number of ether oxygens (including phenoxy) is 1. The summed E-state index contributed by atoms with van der Waals surface area (Å²) in [6.45, 7) is 10.7. The zero-order valence-electron chi connectivity index (χ0n) is 17.7. The average Bonchev–Trinajstić information content (AvgIpc) is 2.68. The van der Waals surface area contributed by atoms with Gasteiger partial charge in [-0.3, -0.25) is 14.7 Å². The van der Waals surface area contributed by atoms with Crippen LogP contribution in [0.25, 0.3) is 0 Å². The van der Waals surface area contributed by atoms with Gasteiger partial charge in [0.15, 0.2) is 5.96 Å². The smallest absolute Gasteiger partial charge is 0.227 e. The molecule has 0 bridgehead atoms. The summed E-state index contributed by atoms with van der Waals surface area (Å²) < 4.78 is 5.34. The lowest BCUT2D eigenvalue weighted by Gasteiger charge is -2.33. The molecule has 0 aromatic carbocycles. The Hall–Kier alpha value is -2.23. The molecule has 0 aliphatic carbocycles. The van der Waals surface area contributed by atoms with Crippen molar-refractivity contribution in [3.05, 3.63) is 23.9 Å². The van der Waals surface area contributed by atoms with Crippen LogP contribution >= 0.6 is 0 Å². The molecular formula is C20H34N6O3. The number of rotatable bonds is 9. The molecule has 1 saturated heterocycles. The van der Waals surface area contributed by atoms with E-state index in [0.29, 0.717) is 44.6 Å². The van der Waals surface area contributed by atoms with Crippen LogP contribution in [0.15, 0.2) is 23.3 Å². The van der Waals surface area contributed by atoms with Crippen molar-refractivity contribution in [2.24, 2.45) is 4.99 Å². The summed E-state index contributed by atoms with van der Waals surface area (Å²) in [5, 5.41) is 19.7. The Balaban J connectivity index is 1.77. The highest BCUT2D eigenvalue weighted by atomic mass is 16.5. The Morgan fingerprint density at radius 3 is 2.76 bits per heavy atom. The van der Waals surface area contributed by atoms with Crippen molar-refractivity contribution in [1.82, 2.24) is 20.5 Å². The maximum Gasteiger partial charge on any atom is 0.227 e. The second kappa shape index (κ2) is 11.7. The topological polar surface area (TPSA) is 111 Å². The Labute approximate surface area is 172 Å². The van der Waals surface area contributed by atoms with Gasteiger partial charge in [-0.05, 0) is 32.4 Å². The summed E-state index contributed by atoms with van der Waals surface area (Å²) in [6.07, 6.45) is 2.00. The lowest BCUT2D eigenvalue weighted by Crippen LogP contribution is -2.48. The summed E-state index contributed by atoms with van der Waals surface area (Å²) in [5.41, 5.74) is 0.106. The van der Waals surface area contributed by atoms with Crippen molar-refractivity contribution in [2.45, 2.75) is 32.8 Å². The van der Waals surface area contributed by atoms with Gasteiger partial charge in [-0.1, -0.05) is 6.07 Å². The fourth-order valence-electron chi connectivity index (χ4n) is 2.92. The molecule has 9 nitrogen and oxygen atoms in total. The molecule has 1 amide bonds. The molecule has 0 radical (unpaired) electrons. The highest BCUT2D eigenvalue weighted by molar-refractivity contribution is 5.90. The second-order valence-electron chi connectivity index (χ2n) is 7.53. The number of aromatic nitrogens is 1. The van der Waals surface area contributed by atoms with E-state index in [9.17, 15) is 9.90 Å². The number of nitrogens with zero attached hydrogens (tertiary/aromatic N) is 3. The predicted molar refractivity (Wildman–Crippen MR) is 114 cm³/mol. The number of aliphatic hydroxyl groups is 1. The van der Waals surface area contributed by atoms with E-state index in [1.807, 2.05) is 19.9 Å². The fourth-order valence-corrected chi connectivity index (χ4v) is 2.92. The number of hydrogen-bond acceptors (Lipinski definition) is 6. The minimum absolute atomic E-state index is 0.121. The van der Waals surface area contributed by atoms with Crippen LogP contribution < -0.4 is 16.0 Å². The van der Waals surface area contributed by atoms with Crippen LogP contribution in [-0.4, -0.2) is 84.9 Å². The molecule has 1 atom stereocenters. The molecule has 1 aliphatic heterocycles. The number of aliphatic imine (C=N–C) groups is 1. The lowest BCUT2D eigenvalue weighted by atomic mass is 10.1. The zero-order chi connectivity index (χ0) is 21.1. The number of pyridine rings is 1. The number of amides is 1. The molecule has 1 fully saturated rings. The Morgan fingerprint density at radius 2 is 2.10 bits per heavy atom. The predicted octanol–water partition coefficient (Wildman–Crippen LogP) is 0.357. The standard InChI is InChI=1S/C20H34N6O3/c1-4-21-19(24-14-20(3,28)15-26-9-11-29-12-10-26)22-8-7-18(27)25-17-6-5-16(2)13-23-17/h5-6,13,28H,4,7-12,14-15H2,1-3H3,(H2,21,22,24)(H,23,25,27). The second-order valence-corrected chi connectivity index (χ2v) is 7.53. The number of carbonyl (C=O) groups is 1. The van der Waals surface area contributed by atoms with Crippen molar-refractivity contribution < 1.29 is 14.6 Å². The molecule has 162 valence electrons. The van der Waals surface area contributed by atoms with Gasteiger partial charge in [0.25, 0.3) is 0 Å². The normalized spacial score (nSPS) is 17.4. The monoisotopic (exact) mass is 406 g/mol. The van der Waals surface area contributed by atoms with Crippen LogP contribution in [0, 0.1) is 6.92 Å². The fraction of sp³-hybridized carbons (Fsp3) is 0.650. The molecule has 4 N–H and O–H groups in total. The van der Waals surface area contributed by atoms with E-state index in [4.69, 9.17) is 4.74 Å². The molecule has 1 aliphatic rings. The number of β-amino-alcohol motifs (C(OH)–C–C–N with tert-alkyl or cyclic N) is 1. The molecule has 1 unspecified atom stereocenters. The molecule has 1 aromatic heterocycles. The van der Waals surface area contributed by atoms with Gasteiger partial charge in [0, 0.05) is 45.3 Å². The summed E-state index contributed by atoms with van der Waals surface area (Å²) in [5.74, 6) is 1.00. The van der Waals surface area contributed by atoms with Crippen molar-refractivity contribution in [3.8, 4) is 0 Å². The molecule has 2 heterocycles. The van der Waals surface area contributed by atoms with Crippen molar-refractivity contribution in [1.29, 1.82) is 0 Å². The van der Waals surface area contributed by atoms with E-state index in [0.717, 1.165) is 18.7 Å². The van der Waals surface area contributed by atoms with E-state index in [1.165, 1.54) is 0 Å². The Morgan fingerprint density at radius 1 is 1.34 bits per heavy atom. The minimum Gasteiger partial charge on any atom is -0.387 e. The summed E-state index contributed by atoms with van der Waals surface area (Å²) in [6, 6.07) is 3.68. The third-order valence-corrected chi connectivity index (χ3v) is 4.41. The Kier molecular flexibility index (Phi) is 9.30.